The van der Waals surface area contributed by atoms with Crippen molar-refractivity contribution in [2.75, 3.05) is 20.1 Å². The van der Waals surface area contributed by atoms with E-state index in [0.29, 0.717) is 18.4 Å². The van der Waals surface area contributed by atoms with Crippen LogP contribution in [0.1, 0.15) is 84.0 Å². The van der Waals surface area contributed by atoms with E-state index in [1.165, 1.54) is 11.3 Å². The Morgan fingerprint density at radius 3 is 2.53 bits per heavy atom. The topological polar surface area (TPSA) is 65.6 Å². The number of carbonyl (C=O) groups excluding carboxylic acids is 2. The Labute approximate surface area is 220 Å². The van der Waals surface area contributed by atoms with E-state index < -0.39 is 5.60 Å². The third kappa shape index (κ3) is 5.85. The molecule has 36 heavy (non-hydrogen) atoms. The van der Waals surface area contributed by atoms with Gasteiger partial charge in [-0.25, -0.2) is 4.79 Å². The second kappa shape index (κ2) is 10.6. The summed E-state index contributed by atoms with van der Waals surface area (Å²) in [4.78, 5) is 33.6. The Morgan fingerprint density at radius 1 is 1.19 bits per heavy atom. The van der Waals surface area contributed by atoms with Crippen LogP contribution in [0.4, 0.5) is 4.79 Å². The van der Waals surface area contributed by atoms with Gasteiger partial charge in [0.05, 0.1) is 11.1 Å². The molecule has 7 heteroatoms. The summed E-state index contributed by atoms with van der Waals surface area (Å²) in [7, 11) is 1.81. The maximum Gasteiger partial charge on any atom is 0.410 e. The molecule has 2 heterocycles. The molecule has 1 fully saturated rings. The average Bonchev–Trinajstić information content (AvgIpc) is 3.18. The Kier molecular flexibility index (Phi) is 7.94. The van der Waals surface area contributed by atoms with Crippen LogP contribution in [0.3, 0.4) is 0 Å². The van der Waals surface area contributed by atoms with E-state index in [0.717, 1.165) is 61.0 Å². The van der Waals surface area contributed by atoms with Crippen molar-refractivity contribution in [2.24, 2.45) is 17.8 Å². The fourth-order valence-electron chi connectivity index (χ4n) is 5.96. The van der Waals surface area contributed by atoms with Crippen LogP contribution in [0, 0.1) is 17.8 Å². The van der Waals surface area contributed by atoms with Gasteiger partial charge in [0, 0.05) is 42.7 Å². The lowest BCUT2D eigenvalue weighted by Crippen LogP contribution is -2.45. The van der Waals surface area contributed by atoms with Crippen molar-refractivity contribution in [2.45, 2.75) is 84.8 Å². The molecule has 0 radical (unpaired) electrons. The third-order valence-corrected chi connectivity index (χ3v) is 7.95. The predicted molar refractivity (Wildman–Crippen MR) is 145 cm³/mol. The number of nitrogens with one attached hydrogen (secondary N) is 1. The fraction of sp³-hybridized carbons (Fsp3) is 0.655. The van der Waals surface area contributed by atoms with Crippen molar-refractivity contribution in [3.05, 3.63) is 34.5 Å². The van der Waals surface area contributed by atoms with E-state index in [-0.39, 0.29) is 24.0 Å². The number of ether oxygens (including phenoxy) is 1. The minimum Gasteiger partial charge on any atom is -0.444 e. The summed E-state index contributed by atoms with van der Waals surface area (Å²) in [6.45, 7) is 11.5. The zero-order valence-corrected chi connectivity index (χ0v) is 23.5. The molecule has 1 aromatic heterocycles. The molecule has 1 aliphatic carbocycles. The monoisotopic (exact) mass is 515 g/mol. The van der Waals surface area contributed by atoms with Gasteiger partial charge in [0.2, 0.25) is 5.91 Å². The van der Waals surface area contributed by atoms with Crippen LogP contribution in [-0.2, 0) is 16.0 Å². The van der Waals surface area contributed by atoms with Crippen LogP contribution in [0.2, 0.25) is 5.02 Å². The lowest BCUT2D eigenvalue weighted by molar-refractivity contribution is -0.140. The summed E-state index contributed by atoms with van der Waals surface area (Å²) in [6, 6.07) is 6.06. The first kappa shape index (κ1) is 26.8. The van der Waals surface area contributed by atoms with Crippen molar-refractivity contribution in [3.8, 4) is 0 Å². The standard InChI is InChI=1S/C29H42ClN3O3/c1-18(2)16-24-26-21(25-22(30)8-7-9-23(25)31-26)14-15-33(24)27(34)20-12-10-19(11-13-20)17-32(6)28(35)36-29(3,4)5/h7-9,18-20,24,31H,10-17H2,1-6H3. The molecule has 1 unspecified atom stereocenters. The molecule has 2 aliphatic rings. The number of aromatic amines is 1. The van der Waals surface area contributed by atoms with Crippen LogP contribution in [0.5, 0.6) is 0 Å². The van der Waals surface area contributed by atoms with Crippen molar-refractivity contribution >= 4 is 34.5 Å². The van der Waals surface area contributed by atoms with E-state index in [1.807, 2.05) is 32.9 Å². The maximum atomic E-state index is 13.8. The molecule has 1 N–H and O–H groups in total. The van der Waals surface area contributed by atoms with Gasteiger partial charge in [0.25, 0.3) is 0 Å². The first-order valence-corrected chi connectivity index (χ1v) is 13.9. The smallest absolute Gasteiger partial charge is 0.410 e. The normalized spacial score (nSPS) is 22.6. The van der Waals surface area contributed by atoms with Crippen LogP contribution in [-0.4, -0.2) is 52.5 Å². The first-order valence-electron chi connectivity index (χ1n) is 13.5. The van der Waals surface area contributed by atoms with Gasteiger partial charge >= 0.3 is 6.09 Å². The van der Waals surface area contributed by atoms with Gasteiger partial charge in [-0.15, -0.1) is 0 Å². The van der Waals surface area contributed by atoms with Gasteiger partial charge in [-0.05, 0) is 88.8 Å². The fourth-order valence-corrected chi connectivity index (χ4v) is 6.25. The number of aromatic nitrogens is 1. The lowest BCUT2D eigenvalue weighted by atomic mass is 9.80. The summed E-state index contributed by atoms with van der Waals surface area (Å²) in [5, 5.41) is 1.90. The zero-order valence-electron chi connectivity index (χ0n) is 22.7. The van der Waals surface area contributed by atoms with E-state index in [1.54, 1.807) is 11.9 Å². The Balaban J connectivity index is 1.43. The van der Waals surface area contributed by atoms with Gasteiger partial charge in [-0.2, -0.15) is 0 Å². The maximum absolute atomic E-state index is 13.8. The number of rotatable bonds is 5. The second-order valence-electron chi connectivity index (χ2n) is 12.2. The van der Waals surface area contributed by atoms with Gasteiger partial charge in [-0.1, -0.05) is 31.5 Å². The highest BCUT2D eigenvalue weighted by Gasteiger charge is 2.38. The highest BCUT2D eigenvalue weighted by Crippen LogP contribution is 2.42. The summed E-state index contributed by atoms with van der Waals surface area (Å²) in [5.41, 5.74) is 3.01. The molecular formula is C29H42ClN3O3. The van der Waals surface area contributed by atoms with Gasteiger partial charge in [-0.3, -0.25) is 4.79 Å². The number of H-pyrrole nitrogens is 1. The first-order chi connectivity index (χ1) is 16.9. The van der Waals surface area contributed by atoms with Crippen LogP contribution < -0.4 is 0 Å². The number of hydrogen-bond donors (Lipinski definition) is 1. The van der Waals surface area contributed by atoms with E-state index in [4.69, 9.17) is 16.3 Å². The third-order valence-electron chi connectivity index (χ3n) is 7.63. The quantitative estimate of drug-likeness (QED) is 0.467. The van der Waals surface area contributed by atoms with Gasteiger partial charge < -0.3 is 19.5 Å². The Hall–Kier alpha value is -2.21. The van der Waals surface area contributed by atoms with Gasteiger partial charge in [0.1, 0.15) is 5.60 Å². The Morgan fingerprint density at radius 2 is 1.89 bits per heavy atom. The van der Waals surface area contributed by atoms with E-state index >= 15 is 0 Å². The molecule has 0 saturated heterocycles. The van der Waals surface area contributed by atoms with Crippen molar-refractivity contribution in [1.82, 2.24) is 14.8 Å². The van der Waals surface area contributed by atoms with Crippen LogP contribution in [0.25, 0.3) is 10.9 Å². The summed E-state index contributed by atoms with van der Waals surface area (Å²) in [6.07, 6.45) is 5.15. The summed E-state index contributed by atoms with van der Waals surface area (Å²) >= 11 is 6.58. The molecule has 2 amide bonds. The SMILES string of the molecule is CC(C)CC1c2[nH]c3cccc(Cl)c3c2CCN1C(=O)C1CCC(CN(C)C(=O)OC(C)(C)C)CC1. The highest BCUT2D eigenvalue weighted by atomic mass is 35.5. The second-order valence-corrected chi connectivity index (χ2v) is 12.6. The van der Waals surface area contributed by atoms with Crippen molar-refractivity contribution < 1.29 is 14.3 Å². The highest BCUT2D eigenvalue weighted by molar-refractivity contribution is 6.35. The minimum atomic E-state index is -0.493. The number of halogens is 1. The predicted octanol–water partition coefficient (Wildman–Crippen LogP) is 6.97. The summed E-state index contributed by atoms with van der Waals surface area (Å²) < 4.78 is 5.50. The number of nitrogens with zero attached hydrogens (tertiary/aromatic N) is 2. The molecule has 1 aliphatic heterocycles. The minimum absolute atomic E-state index is 0.0530. The number of fused-ring (bicyclic) bond motifs is 3. The molecule has 4 rings (SSSR count). The van der Waals surface area contributed by atoms with Crippen LogP contribution in [0.15, 0.2) is 18.2 Å². The van der Waals surface area contributed by atoms with Gasteiger partial charge in [0.15, 0.2) is 0 Å². The number of hydrogen-bond acceptors (Lipinski definition) is 3. The van der Waals surface area contributed by atoms with Crippen molar-refractivity contribution in [3.63, 3.8) is 0 Å². The molecular weight excluding hydrogens is 474 g/mol. The van der Waals surface area contributed by atoms with Crippen LogP contribution >= 0.6 is 11.6 Å². The average molecular weight is 516 g/mol. The zero-order chi connectivity index (χ0) is 26.2. The number of carbonyl (C=O) groups is 2. The molecule has 1 aromatic carbocycles. The number of amides is 2. The molecule has 0 bridgehead atoms. The Bertz CT molecular complexity index is 1100. The molecule has 1 atom stereocenters. The molecule has 0 spiro atoms. The largest absolute Gasteiger partial charge is 0.444 e. The van der Waals surface area contributed by atoms with E-state index in [9.17, 15) is 9.59 Å². The lowest BCUT2D eigenvalue weighted by Gasteiger charge is -2.40. The summed E-state index contributed by atoms with van der Waals surface area (Å²) in [5.74, 6) is 1.21. The van der Waals surface area contributed by atoms with Crippen molar-refractivity contribution in [1.29, 1.82) is 0 Å². The molecule has 1 saturated carbocycles. The molecule has 2 aromatic rings. The molecule has 6 nitrogen and oxygen atoms in total. The molecule has 198 valence electrons. The van der Waals surface area contributed by atoms with E-state index in [2.05, 4.69) is 29.8 Å². The number of benzene rings is 1.